The third-order valence-corrected chi connectivity index (χ3v) is 1.64. The summed E-state index contributed by atoms with van der Waals surface area (Å²) in [6, 6.07) is -0.230. The highest BCUT2D eigenvalue weighted by atomic mass is 16.7. The van der Waals surface area contributed by atoms with Crippen molar-refractivity contribution in [1.82, 2.24) is 0 Å². The zero-order chi connectivity index (χ0) is 8.27. The summed E-state index contributed by atoms with van der Waals surface area (Å²) < 4.78 is 10.1. The SMILES string of the molecule is COC1C=CC(N)C(CO)O1. The first-order valence-corrected chi connectivity index (χ1v) is 3.51. The Morgan fingerprint density at radius 2 is 2.36 bits per heavy atom. The summed E-state index contributed by atoms with van der Waals surface area (Å²) in [6.45, 7) is -0.0780. The van der Waals surface area contributed by atoms with Crippen LogP contribution in [0.2, 0.25) is 0 Å². The quantitative estimate of drug-likeness (QED) is 0.519. The van der Waals surface area contributed by atoms with E-state index in [-0.39, 0.29) is 25.0 Å². The predicted molar refractivity (Wildman–Crippen MR) is 39.9 cm³/mol. The lowest BCUT2D eigenvalue weighted by Gasteiger charge is -2.27. The first kappa shape index (κ1) is 8.67. The van der Waals surface area contributed by atoms with Crippen LogP contribution in [0.15, 0.2) is 12.2 Å². The molecule has 4 heteroatoms. The second-order valence-electron chi connectivity index (χ2n) is 2.42. The Morgan fingerprint density at radius 1 is 1.64 bits per heavy atom. The van der Waals surface area contributed by atoms with E-state index < -0.39 is 0 Å². The van der Waals surface area contributed by atoms with Gasteiger partial charge in [0.15, 0.2) is 6.29 Å². The maximum absolute atomic E-state index is 8.78. The van der Waals surface area contributed by atoms with Crippen LogP contribution in [-0.2, 0) is 9.47 Å². The fourth-order valence-corrected chi connectivity index (χ4v) is 0.950. The largest absolute Gasteiger partial charge is 0.394 e. The third-order valence-electron chi connectivity index (χ3n) is 1.64. The maximum atomic E-state index is 8.78. The fraction of sp³-hybridized carbons (Fsp3) is 0.714. The van der Waals surface area contributed by atoms with Crippen molar-refractivity contribution in [2.45, 2.75) is 18.4 Å². The van der Waals surface area contributed by atoms with Crippen molar-refractivity contribution in [3.63, 3.8) is 0 Å². The molecule has 0 radical (unpaired) electrons. The summed E-state index contributed by atoms with van der Waals surface area (Å²) in [7, 11) is 1.54. The van der Waals surface area contributed by atoms with Crippen molar-refractivity contribution in [2.75, 3.05) is 13.7 Å². The number of aliphatic hydroxyl groups excluding tert-OH is 1. The summed E-state index contributed by atoms with van der Waals surface area (Å²) in [5.74, 6) is 0. The molecule has 64 valence electrons. The van der Waals surface area contributed by atoms with Gasteiger partial charge in [0.25, 0.3) is 0 Å². The Hall–Kier alpha value is -0.420. The van der Waals surface area contributed by atoms with Crippen LogP contribution >= 0.6 is 0 Å². The minimum atomic E-state index is -0.369. The number of hydrogen-bond acceptors (Lipinski definition) is 4. The van der Waals surface area contributed by atoms with Gasteiger partial charge in [0.05, 0.1) is 12.6 Å². The Bertz CT molecular complexity index is 149. The van der Waals surface area contributed by atoms with Crippen LogP contribution in [0.25, 0.3) is 0 Å². The van der Waals surface area contributed by atoms with E-state index in [9.17, 15) is 0 Å². The third kappa shape index (κ3) is 2.00. The van der Waals surface area contributed by atoms with Crippen molar-refractivity contribution in [2.24, 2.45) is 5.73 Å². The first-order valence-electron chi connectivity index (χ1n) is 3.51. The minimum Gasteiger partial charge on any atom is -0.394 e. The normalized spacial score (nSPS) is 37.5. The van der Waals surface area contributed by atoms with E-state index in [0.717, 1.165) is 0 Å². The number of nitrogens with two attached hydrogens (primary N) is 1. The zero-order valence-corrected chi connectivity index (χ0v) is 6.43. The standard InChI is InChI=1S/C7H13NO3/c1-10-7-3-2-5(8)6(4-9)11-7/h2-3,5-7,9H,4,8H2,1H3. The van der Waals surface area contributed by atoms with E-state index in [4.69, 9.17) is 20.3 Å². The molecule has 4 nitrogen and oxygen atoms in total. The van der Waals surface area contributed by atoms with Gasteiger partial charge in [-0.15, -0.1) is 0 Å². The van der Waals surface area contributed by atoms with E-state index in [1.54, 1.807) is 19.3 Å². The van der Waals surface area contributed by atoms with Crippen molar-refractivity contribution in [3.8, 4) is 0 Å². The molecule has 0 fully saturated rings. The minimum absolute atomic E-state index is 0.0780. The van der Waals surface area contributed by atoms with Crippen LogP contribution in [0.5, 0.6) is 0 Å². The molecule has 0 aromatic rings. The van der Waals surface area contributed by atoms with Gasteiger partial charge in [-0.05, 0) is 6.08 Å². The number of rotatable bonds is 2. The molecule has 0 aromatic carbocycles. The topological polar surface area (TPSA) is 64.7 Å². The molecule has 1 aliphatic rings. The van der Waals surface area contributed by atoms with Gasteiger partial charge in [0.2, 0.25) is 0 Å². The molecule has 0 aromatic heterocycles. The maximum Gasteiger partial charge on any atom is 0.177 e. The Labute approximate surface area is 65.6 Å². The zero-order valence-electron chi connectivity index (χ0n) is 6.43. The molecule has 1 rings (SSSR count). The molecule has 0 aliphatic carbocycles. The molecule has 3 unspecified atom stereocenters. The second kappa shape index (κ2) is 3.82. The number of aliphatic hydroxyl groups is 1. The van der Waals surface area contributed by atoms with Crippen LogP contribution < -0.4 is 5.73 Å². The predicted octanol–water partition coefficient (Wildman–Crippen LogP) is -0.767. The summed E-state index contributed by atoms with van der Waals surface area (Å²) in [6.07, 6.45) is 2.80. The molecule has 11 heavy (non-hydrogen) atoms. The van der Waals surface area contributed by atoms with Crippen molar-refractivity contribution in [1.29, 1.82) is 0 Å². The van der Waals surface area contributed by atoms with Gasteiger partial charge in [-0.1, -0.05) is 6.08 Å². The molecular weight excluding hydrogens is 146 g/mol. The van der Waals surface area contributed by atoms with Crippen LogP contribution in [0.3, 0.4) is 0 Å². The van der Waals surface area contributed by atoms with Gasteiger partial charge in [-0.2, -0.15) is 0 Å². The number of methoxy groups -OCH3 is 1. The highest BCUT2D eigenvalue weighted by Gasteiger charge is 2.23. The Balaban J connectivity index is 2.52. The second-order valence-corrected chi connectivity index (χ2v) is 2.42. The van der Waals surface area contributed by atoms with E-state index >= 15 is 0 Å². The van der Waals surface area contributed by atoms with E-state index in [0.29, 0.717) is 0 Å². The number of ether oxygens (including phenoxy) is 2. The number of hydrogen-bond donors (Lipinski definition) is 2. The van der Waals surface area contributed by atoms with Gasteiger partial charge < -0.3 is 20.3 Å². The molecular formula is C7H13NO3. The average Bonchev–Trinajstić information content (AvgIpc) is 2.05. The van der Waals surface area contributed by atoms with Crippen LogP contribution in [0.1, 0.15) is 0 Å². The summed E-state index contributed by atoms with van der Waals surface area (Å²) in [4.78, 5) is 0. The van der Waals surface area contributed by atoms with E-state index in [1.165, 1.54) is 0 Å². The Kier molecular flexibility index (Phi) is 3.02. The first-order chi connectivity index (χ1) is 5.27. The smallest absolute Gasteiger partial charge is 0.177 e. The molecule has 0 saturated heterocycles. The van der Waals surface area contributed by atoms with Gasteiger partial charge >= 0.3 is 0 Å². The molecule has 3 N–H and O–H groups in total. The molecule has 0 amide bonds. The van der Waals surface area contributed by atoms with E-state index in [2.05, 4.69) is 0 Å². The van der Waals surface area contributed by atoms with Gasteiger partial charge in [-0.3, -0.25) is 0 Å². The Morgan fingerprint density at radius 3 is 2.91 bits per heavy atom. The molecule has 0 spiro atoms. The highest BCUT2D eigenvalue weighted by Crippen LogP contribution is 2.11. The van der Waals surface area contributed by atoms with Gasteiger partial charge in [-0.25, -0.2) is 0 Å². The monoisotopic (exact) mass is 159 g/mol. The van der Waals surface area contributed by atoms with Crippen molar-refractivity contribution < 1.29 is 14.6 Å². The molecule has 3 atom stereocenters. The van der Waals surface area contributed by atoms with Gasteiger partial charge in [0.1, 0.15) is 6.10 Å². The fourth-order valence-electron chi connectivity index (χ4n) is 0.950. The summed E-state index contributed by atoms with van der Waals surface area (Å²) in [5, 5.41) is 8.78. The summed E-state index contributed by atoms with van der Waals surface area (Å²) in [5.41, 5.74) is 5.58. The van der Waals surface area contributed by atoms with Crippen molar-refractivity contribution in [3.05, 3.63) is 12.2 Å². The highest BCUT2D eigenvalue weighted by molar-refractivity contribution is 5.01. The van der Waals surface area contributed by atoms with Crippen LogP contribution in [0, 0.1) is 0 Å². The van der Waals surface area contributed by atoms with E-state index in [1.807, 2.05) is 0 Å². The van der Waals surface area contributed by atoms with Crippen LogP contribution in [-0.4, -0.2) is 37.3 Å². The average molecular weight is 159 g/mol. The lowest BCUT2D eigenvalue weighted by molar-refractivity contribution is -0.146. The van der Waals surface area contributed by atoms with Gasteiger partial charge in [0, 0.05) is 7.11 Å². The summed E-state index contributed by atoms with van der Waals surface area (Å²) >= 11 is 0. The molecule has 0 bridgehead atoms. The molecule has 1 heterocycles. The van der Waals surface area contributed by atoms with Crippen LogP contribution in [0.4, 0.5) is 0 Å². The molecule has 0 saturated carbocycles. The molecule has 1 aliphatic heterocycles. The lowest BCUT2D eigenvalue weighted by Crippen LogP contribution is -2.43. The van der Waals surface area contributed by atoms with Crippen molar-refractivity contribution >= 4 is 0 Å². The lowest BCUT2D eigenvalue weighted by atomic mass is 10.1.